The van der Waals surface area contributed by atoms with E-state index < -0.39 is 11.7 Å². The summed E-state index contributed by atoms with van der Waals surface area (Å²) in [4.78, 5) is 19.6. The minimum atomic E-state index is -4.45. The summed E-state index contributed by atoms with van der Waals surface area (Å²) < 4.78 is 46.1. The molecular formula is C28H30F3N3O2. The Morgan fingerprint density at radius 3 is 2.67 bits per heavy atom. The molecule has 1 aromatic heterocycles. The largest absolute Gasteiger partial charge is 0.458 e. The summed E-state index contributed by atoms with van der Waals surface area (Å²) in [5.74, 6) is 1.78. The van der Waals surface area contributed by atoms with E-state index in [1.165, 1.54) is 13.0 Å². The molecule has 4 rings (SSSR count). The van der Waals surface area contributed by atoms with Gasteiger partial charge in [0.2, 0.25) is 0 Å². The molecule has 0 saturated heterocycles. The Morgan fingerprint density at radius 2 is 2.00 bits per heavy atom. The van der Waals surface area contributed by atoms with Gasteiger partial charge >= 0.3 is 6.18 Å². The van der Waals surface area contributed by atoms with Crippen molar-refractivity contribution in [3.63, 3.8) is 0 Å². The molecule has 1 fully saturated rings. The smallest absolute Gasteiger partial charge is 0.416 e. The third-order valence-electron chi connectivity index (χ3n) is 6.33. The average Bonchev–Trinajstić information content (AvgIpc) is 3.67. The highest BCUT2D eigenvalue weighted by molar-refractivity contribution is 6.08. The molecule has 5 nitrogen and oxygen atoms in total. The van der Waals surface area contributed by atoms with Crippen molar-refractivity contribution in [1.29, 1.82) is 0 Å². The Balaban J connectivity index is 1.53. The summed E-state index contributed by atoms with van der Waals surface area (Å²) in [6.07, 6.45) is 2.68. The van der Waals surface area contributed by atoms with Crippen LogP contribution >= 0.6 is 0 Å². The van der Waals surface area contributed by atoms with E-state index in [-0.39, 0.29) is 17.2 Å². The number of nitrogens with one attached hydrogen (secondary N) is 1. The number of hydrogen-bond donors (Lipinski definition) is 1. The van der Waals surface area contributed by atoms with E-state index >= 15 is 0 Å². The highest BCUT2D eigenvalue weighted by Gasteiger charge is 2.33. The van der Waals surface area contributed by atoms with Crippen LogP contribution in [-0.2, 0) is 6.42 Å². The highest BCUT2D eigenvalue weighted by Crippen LogP contribution is 2.32. The SMILES string of the molecule is C/C=C(\C=C/C(=C(C)CC)C(F)(F)F)Oc1ccc2c(c1)C(=O)N(c1cccc(NC3CC3)n1)CC2. The Labute approximate surface area is 209 Å². The number of nitrogens with zero attached hydrogens (tertiary/aromatic N) is 2. The molecule has 0 spiro atoms. The van der Waals surface area contributed by atoms with Crippen molar-refractivity contribution in [2.45, 2.75) is 58.7 Å². The second-order valence-electron chi connectivity index (χ2n) is 9.00. The van der Waals surface area contributed by atoms with Gasteiger partial charge in [-0.3, -0.25) is 9.69 Å². The zero-order valence-corrected chi connectivity index (χ0v) is 20.7. The number of hydrogen-bond acceptors (Lipinski definition) is 4. The Hall–Kier alpha value is -3.55. The number of halogens is 3. The van der Waals surface area contributed by atoms with E-state index in [0.717, 1.165) is 30.3 Å². The Morgan fingerprint density at radius 1 is 1.22 bits per heavy atom. The van der Waals surface area contributed by atoms with E-state index in [1.807, 2.05) is 24.3 Å². The molecule has 190 valence electrons. The normalized spacial score (nSPS) is 17.2. The van der Waals surface area contributed by atoms with Gasteiger partial charge in [-0.05, 0) is 87.6 Å². The van der Waals surface area contributed by atoms with E-state index in [4.69, 9.17) is 4.74 Å². The number of carbonyl (C=O) groups excluding carboxylic acids is 1. The standard InChI is InChI=1S/C28H30F3N3O2/c1-4-18(3)24(28(29,30)31)14-13-21(5-2)36-22-12-9-19-15-16-34(27(35)23(19)17-22)26-8-6-7-25(33-26)32-20-10-11-20/h5-9,12-14,17,20H,4,10-11,15-16H2,1-3H3,(H,32,33)/b14-13-,21-5+,24-18?. The maximum atomic E-state index is 13.4. The van der Waals surface area contributed by atoms with Crippen molar-refractivity contribution in [2.75, 3.05) is 16.8 Å². The van der Waals surface area contributed by atoms with E-state index in [1.54, 1.807) is 37.0 Å². The number of rotatable bonds is 8. The van der Waals surface area contributed by atoms with Crippen molar-refractivity contribution in [1.82, 2.24) is 4.98 Å². The van der Waals surface area contributed by atoms with E-state index in [0.29, 0.717) is 42.6 Å². The lowest BCUT2D eigenvalue weighted by Gasteiger charge is -2.28. The van der Waals surface area contributed by atoms with Gasteiger partial charge in [0.05, 0.1) is 5.57 Å². The van der Waals surface area contributed by atoms with Crippen LogP contribution in [0, 0.1) is 0 Å². The third kappa shape index (κ3) is 5.98. The lowest BCUT2D eigenvalue weighted by Crippen LogP contribution is -2.38. The fourth-order valence-electron chi connectivity index (χ4n) is 3.98. The summed E-state index contributed by atoms with van der Waals surface area (Å²) in [5, 5.41) is 3.35. The summed E-state index contributed by atoms with van der Waals surface area (Å²) in [6, 6.07) is 11.2. The molecule has 2 aliphatic rings. The van der Waals surface area contributed by atoms with E-state index in [9.17, 15) is 18.0 Å². The molecule has 1 N–H and O–H groups in total. The van der Waals surface area contributed by atoms with Gasteiger partial charge in [-0.1, -0.05) is 24.6 Å². The van der Waals surface area contributed by atoms with Gasteiger partial charge in [-0.2, -0.15) is 13.2 Å². The first-order chi connectivity index (χ1) is 17.2. The Kier molecular flexibility index (Phi) is 7.52. The highest BCUT2D eigenvalue weighted by atomic mass is 19.4. The first-order valence-corrected chi connectivity index (χ1v) is 12.2. The number of amides is 1. The number of aromatic nitrogens is 1. The zero-order chi connectivity index (χ0) is 25.9. The molecular weight excluding hydrogens is 467 g/mol. The molecule has 1 amide bonds. The van der Waals surface area contributed by atoms with Gasteiger partial charge in [-0.25, -0.2) is 4.98 Å². The van der Waals surface area contributed by atoms with Crippen molar-refractivity contribution in [3.05, 3.63) is 82.7 Å². The van der Waals surface area contributed by atoms with Crippen LogP contribution in [0.25, 0.3) is 0 Å². The molecule has 1 saturated carbocycles. The molecule has 0 bridgehead atoms. The fraction of sp³-hybridized carbons (Fsp3) is 0.357. The summed E-state index contributed by atoms with van der Waals surface area (Å²) in [7, 11) is 0. The monoisotopic (exact) mass is 497 g/mol. The molecule has 0 unspecified atom stereocenters. The minimum absolute atomic E-state index is 0.184. The fourth-order valence-corrected chi connectivity index (χ4v) is 3.98. The molecule has 1 aliphatic carbocycles. The Bertz CT molecular complexity index is 1230. The summed E-state index contributed by atoms with van der Waals surface area (Å²) in [6.45, 7) is 5.35. The predicted molar refractivity (Wildman–Crippen MR) is 135 cm³/mol. The number of carbonyl (C=O) groups is 1. The second-order valence-corrected chi connectivity index (χ2v) is 9.00. The topological polar surface area (TPSA) is 54.5 Å². The lowest BCUT2D eigenvalue weighted by molar-refractivity contribution is -0.0891. The molecule has 2 heterocycles. The number of alkyl halides is 3. The van der Waals surface area contributed by atoms with E-state index in [2.05, 4.69) is 10.3 Å². The molecule has 1 aliphatic heterocycles. The van der Waals surface area contributed by atoms with Gasteiger partial charge in [0.1, 0.15) is 23.1 Å². The number of fused-ring (bicyclic) bond motifs is 1. The van der Waals surface area contributed by atoms with Crippen LogP contribution in [0.5, 0.6) is 5.75 Å². The quantitative estimate of drug-likeness (QED) is 0.316. The van der Waals surface area contributed by atoms with Crippen molar-refractivity contribution >= 4 is 17.5 Å². The van der Waals surface area contributed by atoms with Crippen molar-refractivity contribution in [3.8, 4) is 5.75 Å². The third-order valence-corrected chi connectivity index (χ3v) is 6.33. The number of benzene rings is 1. The molecule has 1 aromatic carbocycles. The second kappa shape index (κ2) is 10.6. The maximum Gasteiger partial charge on any atom is 0.416 e. The number of ether oxygens (including phenoxy) is 1. The van der Waals surface area contributed by atoms with Gasteiger partial charge in [0, 0.05) is 18.2 Å². The van der Waals surface area contributed by atoms with Crippen LogP contribution < -0.4 is 15.0 Å². The number of allylic oxidation sites excluding steroid dienone is 5. The van der Waals surface area contributed by atoms with Gasteiger partial charge < -0.3 is 10.1 Å². The molecule has 2 aromatic rings. The van der Waals surface area contributed by atoms with Crippen LogP contribution in [0.1, 0.15) is 56.0 Å². The van der Waals surface area contributed by atoms with Crippen LogP contribution in [0.4, 0.5) is 24.8 Å². The van der Waals surface area contributed by atoms with Crippen molar-refractivity contribution in [2.24, 2.45) is 0 Å². The maximum absolute atomic E-state index is 13.4. The number of pyridine rings is 1. The summed E-state index contributed by atoms with van der Waals surface area (Å²) in [5.41, 5.74) is 0.960. The first kappa shape index (κ1) is 25.5. The van der Waals surface area contributed by atoms with Crippen LogP contribution in [0.2, 0.25) is 0 Å². The van der Waals surface area contributed by atoms with Crippen LogP contribution in [-0.4, -0.2) is 29.7 Å². The number of anilines is 2. The molecule has 36 heavy (non-hydrogen) atoms. The van der Waals surface area contributed by atoms with Crippen molar-refractivity contribution < 1.29 is 22.7 Å². The van der Waals surface area contributed by atoms with Crippen LogP contribution in [0.3, 0.4) is 0 Å². The zero-order valence-electron chi connectivity index (χ0n) is 20.7. The molecule has 0 atom stereocenters. The predicted octanol–water partition coefficient (Wildman–Crippen LogP) is 6.99. The molecule has 0 radical (unpaired) electrons. The summed E-state index contributed by atoms with van der Waals surface area (Å²) >= 11 is 0. The van der Waals surface area contributed by atoms with Gasteiger partial charge in [0.25, 0.3) is 5.91 Å². The average molecular weight is 498 g/mol. The van der Waals surface area contributed by atoms with Crippen LogP contribution in [0.15, 0.2) is 71.5 Å². The minimum Gasteiger partial charge on any atom is -0.458 e. The lowest BCUT2D eigenvalue weighted by atomic mass is 9.98. The van der Waals surface area contributed by atoms with Gasteiger partial charge in [-0.15, -0.1) is 0 Å². The van der Waals surface area contributed by atoms with Gasteiger partial charge in [0.15, 0.2) is 0 Å². The molecule has 8 heteroatoms. The first-order valence-electron chi connectivity index (χ1n) is 12.2.